The van der Waals surface area contributed by atoms with E-state index in [1.54, 1.807) is 0 Å². The van der Waals surface area contributed by atoms with Gasteiger partial charge in [0.05, 0.1) is 0 Å². The molecule has 3 aliphatic heterocycles. The third-order valence-corrected chi connectivity index (χ3v) is 22.2. The molecule has 0 aliphatic carbocycles. The second kappa shape index (κ2) is 31.6. The summed E-state index contributed by atoms with van der Waals surface area (Å²) in [5.74, 6) is 3.14. The Morgan fingerprint density at radius 2 is 0.662 bits per heavy atom. The Morgan fingerprint density at radius 1 is 0.390 bits per heavy atom. The average molecular weight is 1170 g/mol. The molecule has 4 aromatic carbocycles. The average Bonchev–Trinajstić information content (AvgIpc) is 4.27. The van der Waals surface area contributed by atoms with Crippen molar-refractivity contribution >= 4 is 33.4 Å². The second-order valence-electron chi connectivity index (χ2n) is 23.3. The summed E-state index contributed by atoms with van der Waals surface area (Å²) < 4.78 is 25.2. The molecular weight excluding hydrogens is 1070 g/mol. The maximum absolute atomic E-state index is 4.94. The van der Waals surface area contributed by atoms with Gasteiger partial charge in [-0.3, -0.25) is 0 Å². The molecule has 9 rings (SSSR count). The number of hydrogen-bond donors (Lipinski definition) is 0. The Kier molecular flexibility index (Phi) is 26.4. The van der Waals surface area contributed by atoms with Crippen LogP contribution in [0.3, 0.4) is 0 Å². The zero-order valence-corrected chi connectivity index (χ0v) is 54.5. The quantitative estimate of drug-likeness (QED) is 0.0620. The summed E-state index contributed by atoms with van der Waals surface area (Å²) >= 11 is -0.255. The van der Waals surface area contributed by atoms with Crippen molar-refractivity contribution < 1.29 is 31.2 Å². The standard InChI is InChI=1S/C54H72AsN4P2.3C4H8O.ClH/c1-33(2)41-21-17-22-42(34(3)4)49(41)56-29-30-57(50-43(35(5)6)23-18-24-44(50)36(7)8)53(56)60-55-61-54-58(51-45(37(9)10)25-19-26-46(51)38(11)12)31-32-59(54)52-47(39(13)14)27-20-28-48(52)40(15)16;3*1-2-4-5-3-1;/h17-40H,1-16H3;3*1-4H2;1H/q+1;;;;/p-1. The van der Waals surface area contributed by atoms with Gasteiger partial charge in [0.25, 0.3) is 0 Å². The summed E-state index contributed by atoms with van der Waals surface area (Å²) in [7, 11) is 0. The van der Waals surface area contributed by atoms with E-state index in [2.05, 4.69) is 227 Å². The van der Waals surface area contributed by atoms with Crippen LogP contribution in [0, 0.1) is 5.20 Å². The summed E-state index contributed by atoms with van der Waals surface area (Å²) in [6.07, 6.45) is 17.2. The van der Waals surface area contributed by atoms with E-state index >= 15 is 0 Å². The molecule has 77 heavy (non-hydrogen) atoms. The number of para-hydroxylation sites is 4. The summed E-state index contributed by atoms with van der Waals surface area (Å²) in [6, 6.07) is 27.9. The minimum Gasteiger partial charge on any atom is -1.00 e. The molecule has 7 nitrogen and oxygen atoms in total. The van der Waals surface area contributed by atoms with Crippen molar-refractivity contribution in [3.8, 4) is 22.7 Å². The van der Waals surface area contributed by atoms with E-state index in [4.69, 9.17) is 14.2 Å². The molecule has 3 saturated heterocycles. The molecule has 0 saturated carbocycles. The van der Waals surface area contributed by atoms with Crippen LogP contribution in [0.25, 0.3) is 22.7 Å². The summed E-state index contributed by atoms with van der Waals surface area (Å²) in [5.41, 5.74) is 18.0. The molecule has 2 aromatic heterocycles. The van der Waals surface area contributed by atoms with Gasteiger partial charge in [-0.05, 0) is 38.5 Å². The van der Waals surface area contributed by atoms with Gasteiger partial charge in [-0.15, -0.1) is 0 Å². The summed E-state index contributed by atoms with van der Waals surface area (Å²) in [4.78, 5) is 0. The maximum Gasteiger partial charge on any atom is -1.00 e. The first kappa shape index (κ1) is 64.4. The Morgan fingerprint density at radius 3 is 0.922 bits per heavy atom. The number of aromatic nitrogens is 4. The van der Waals surface area contributed by atoms with Crippen LogP contribution < -0.4 is 22.5 Å². The van der Waals surface area contributed by atoms with E-state index in [0.29, 0.717) is 47.3 Å². The van der Waals surface area contributed by atoms with Gasteiger partial charge < -0.3 is 26.6 Å². The predicted molar refractivity (Wildman–Crippen MR) is 328 cm³/mol. The fourth-order valence-electron chi connectivity index (χ4n) is 10.4. The molecule has 3 aliphatic rings. The zero-order chi connectivity index (χ0) is 55.1. The van der Waals surface area contributed by atoms with Gasteiger partial charge in [-0.1, -0.05) is 0 Å². The van der Waals surface area contributed by atoms with Crippen LogP contribution in [0.5, 0.6) is 0 Å². The molecule has 11 heteroatoms. The van der Waals surface area contributed by atoms with Gasteiger partial charge in [-0.25, -0.2) is 0 Å². The second-order valence-corrected chi connectivity index (χ2v) is 31.1. The largest absolute Gasteiger partial charge is 1.00 e. The third kappa shape index (κ3) is 16.6. The molecule has 6 aromatic rings. The molecule has 0 spiro atoms. The normalized spacial score (nSPS) is 14.6. The van der Waals surface area contributed by atoms with E-state index in [0.717, 1.165) is 39.6 Å². The van der Waals surface area contributed by atoms with Crippen LogP contribution in [0.4, 0.5) is 0 Å². The molecule has 3 fully saturated rings. The first-order valence-corrected chi connectivity index (χ1v) is 35.8. The monoisotopic (exact) mass is 1160 g/mol. The first-order valence-electron chi connectivity index (χ1n) is 29.1. The minimum atomic E-state index is -0.255. The fraction of sp³-hybridized carbons (Fsp3) is 0.545. The third-order valence-electron chi connectivity index (χ3n) is 14.7. The molecule has 0 unspecified atom stereocenters. The Bertz CT molecular complexity index is 2540. The molecule has 0 N–H and O–H groups in total. The van der Waals surface area contributed by atoms with Crippen LogP contribution >= 0.6 is 13.5 Å². The number of nitrogens with zero attached hydrogens (tertiary/aromatic N) is 4. The van der Waals surface area contributed by atoms with Gasteiger partial charge in [0, 0.05) is 39.6 Å². The van der Waals surface area contributed by atoms with Crippen LogP contribution in [0.1, 0.15) is 241 Å². The first-order chi connectivity index (χ1) is 36.5. The van der Waals surface area contributed by atoms with E-state index in [1.165, 1.54) is 130 Å². The van der Waals surface area contributed by atoms with Gasteiger partial charge in [0.2, 0.25) is 0 Å². The number of halogens is 1. The van der Waals surface area contributed by atoms with Crippen molar-refractivity contribution in [1.29, 1.82) is 0 Å². The number of ether oxygens (including phenoxy) is 3. The number of imidazole rings is 2. The minimum absolute atomic E-state index is 0. The summed E-state index contributed by atoms with van der Waals surface area (Å²) in [6.45, 7) is 46.3. The van der Waals surface area contributed by atoms with Gasteiger partial charge in [-0.2, -0.15) is 0 Å². The number of rotatable bonds is 14. The molecule has 420 valence electrons. The Hall–Kier alpha value is -3.37. The Labute approximate surface area is 481 Å². The maximum atomic E-state index is 4.94. The Balaban J connectivity index is 0.000000585. The van der Waals surface area contributed by atoms with E-state index in [9.17, 15) is 0 Å². The molecule has 0 amide bonds. The molecule has 5 heterocycles. The zero-order valence-electron chi connectivity index (χ0n) is 50.1. The molecular formula is C66H96AsClN4O3P2. The van der Waals surface area contributed by atoms with Crippen molar-refractivity contribution in [3.05, 3.63) is 147 Å². The molecule has 0 radical (unpaired) electrons. The van der Waals surface area contributed by atoms with Crippen molar-refractivity contribution in [2.24, 2.45) is 0 Å². The van der Waals surface area contributed by atoms with Crippen LogP contribution in [-0.4, -0.2) is 67.7 Å². The molecule has 0 atom stereocenters. The van der Waals surface area contributed by atoms with Crippen molar-refractivity contribution in [1.82, 2.24) is 13.7 Å². The molecule has 0 bridgehead atoms. The van der Waals surface area contributed by atoms with E-state index in [1.807, 2.05) is 0 Å². The number of hydrogen-bond acceptors (Lipinski definition) is 3. The van der Waals surface area contributed by atoms with Crippen LogP contribution in [-0.2, 0) is 14.2 Å². The van der Waals surface area contributed by atoms with Crippen LogP contribution in [0.15, 0.2) is 97.6 Å². The summed E-state index contributed by atoms with van der Waals surface area (Å²) in [5, 5.41) is 1.35. The SMILES string of the molecule is C1CCOC1.C1CCOC1.C1CCOC1.CC(C)c1cccc(C(C)C)c1-n1cc[n+](-c2c(C(C)C)cccc2C(C)C)c1P=[As]P=c1n(-c2c(C(C)C)cccc2C(C)C)ccn1-c1c(C(C)C)cccc1C(C)C.[Cl-]. The van der Waals surface area contributed by atoms with Crippen molar-refractivity contribution in [3.63, 3.8) is 0 Å². The van der Waals surface area contributed by atoms with Gasteiger partial charge in [0.1, 0.15) is 0 Å². The van der Waals surface area contributed by atoms with Crippen molar-refractivity contribution in [2.75, 3.05) is 39.6 Å². The topological polar surface area (TPSA) is 46.4 Å². The van der Waals surface area contributed by atoms with Crippen molar-refractivity contribution in [2.45, 2.75) is 197 Å². The van der Waals surface area contributed by atoms with Crippen LogP contribution in [0.2, 0.25) is 0 Å². The predicted octanol–water partition coefficient (Wildman–Crippen LogP) is 15.0. The van der Waals surface area contributed by atoms with Gasteiger partial charge in [0.15, 0.2) is 0 Å². The van der Waals surface area contributed by atoms with E-state index in [-0.39, 0.29) is 26.8 Å². The fourth-order valence-corrected chi connectivity index (χ4v) is 18.6. The van der Waals surface area contributed by atoms with E-state index < -0.39 is 0 Å². The smallest absolute Gasteiger partial charge is 1.00 e. The van der Waals surface area contributed by atoms with Gasteiger partial charge >= 0.3 is 380 Å². The number of benzene rings is 4.